The monoisotopic (exact) mass is 237 g/mol. The summed E-state index contributed by atoms with van der Waals surface area (Å²) >= 11 is 3.56. The molecule has 1 aromatic carbocycles. The van der Waals surface area contributed by atoms with Gasteiger partial charge in [0.25, 0.3) is 0 Å². The van der Waals surface area contributed by atoms with Crippen molar-refractivity contribution in [3.63, 3.8) is 0 Å². The highest BCUT2D eigenvalue weighted by Crippen LogP contribution is 2.32. The van der Waals surface area contributed by atoms with E-state index in [-0.39, 0.29) is 5.54 Å². The summed E-state index contributed by atoms with van der Waals surface area (Å²) in [6.45, 7) is 6.52. The Balaban J connectivity index is 2.16. The van der Waals surface area contributed by atoms with Gasteiger partial charge >= 0.3 is 0 Å². The van der Waals surface area contributed by atoms with E-state index in [4.69, 9.17) is 0 Å². The summed E-state index contributed by atoms with van der Waals surface area (Å²) in [6.07, 6.45) is 0. The molecule has 0 aliphatic carbocycles. The molecular formula is C12H15NS2. The van der Waals surface area contributed by atoms with E-state index < -0.39 is 0 Å². The molecule has 2 rings (SSSR count). The lowest BCUT2D eigenvalue weighted by Crippen LogP contribution is -2.29. The second-order valence-corrected chi connectivity index (χ2v) is 6.75. The highest BCUT2D eigenvalue weighted by Gasteiger charge is 2.10. The first-order valence-corrected chi connectivity index (χ1v) is 6.60. The van der Waals surface area contributed by atoms with Crippen LogP contribution in [0.3, 0.4) is 0 Å². The molecule has 0 spiro atoms. The van der Waals surface area contributed by atoms with Gasteiger partial charge in [0.2, 0.25) is 0 Å². The second kappa shape index (κ2) is 4.16. The molecule has 0 unspecified atom stereocenters. The van der Waals surface area contributed by atoms with Gasteiger partial charge in [-0.15, -0.1) is 11.3 Å². The minimum atomic E-state index is 0.154. The van der Waals surface area contributed by atoms with Crippen molar-refractivity contribution in [2.75, 3.05) is 0 Å². The van der Waals surface area contributed by atoms with Crippen molar-refractivity contribution < 1.29 is 0 Å². The van der Waals surface area contributed by atoms with E-state index >= 15 is 0 Å². The Morgan fingerprint density at radius 1 is 1.20 bits per heavy atom. The molecule has 0 saturated carbocycles. The summed E-state index contributed by atoms with van der Waals surface area (Å²) in [4.78, 5) is 0. The Hall–Kier alpha value is -0.510. The summed E-state index contributed by atoms with van der Waals surface area (Å²) in [7, 11) is 0. The molecule has 0 amide bonds. The molecule has 0 radical (unpaired) electrons. The zero-order chi connectivity index (χ0) is 10.9. The largest absolute Gasteiger partial charge is 0.254 e. The summed E-state index contributed by atoms with van der Waals surface area (Å²) in [5.74, 6) is 0. The molecule has 1 nitrogen and oxygen atoms in total. The number of benzene rings is 1. The molecular weight excluding hydrogens is 222 g/mol. The summed E-state index contributed by atoms with van der Waals surface area (Å²) < 4.78 is 6.11. The third-order valence-electron chi connectivity index (χ3n) is 1.86. The molecule has 0 aliphatic rings. The number of hydrogen-bond acceptors (Lipinski definition) is 3. The van der Waals surface area contributed by atoms with E-state index in [2.05, 4.69) is 55.8 Å². The van der Waals surface area contributed by atoms with Gasteiger partial charge in [-0.2, -0.15) is 0 Å². The van der Waals surface area contributed by atoms with E-state index in [0.29, 0.717) is 0 Å². The van der Waals surface area contributed by atoms with E-state index in [9.17, 15) is 0 Å². The Morgan fingerprint density at radius 3 is 2.60 bits per heavy atom. The van der Waals surface area contributed by atoms with Crippen molar-refractivity contribution >= 4 is 33.4 Å². The predicted molar refractivity (Wildman–Crippen MR) is 70.6 cm³/mol. The quantitative estimate of drug-likeness (QED) is 0.782. The van der Waals surface area contributed by atoms with Gasteiger partial charge in [0.1, 0.15) is 0 Å². The number of nitrogens with one attached hydrogen (secondary N) is 1. The normalized spacial score (nSPS) is 12.2. The molecule has 0 fully saturated rings. The number of hydrogen-bond donors (Lipinski definition) is 1. The van der Waals surface area contributed by atoms with Crippen LogP contribution in [0.4, 0.5) is 0 Å². The molecule has 0 aliphatic heterocycles. The third-order valence-corrected chi connectivity index (χ3v) is 4.30. The lowest BCUT2D eigenvalue weighted by atomic mass is 10.1. The fourth-order valence-corrected chi connectivity index (χ4v) is 3.16. The molecule has 0 bridgehead atoms. The third kappa shape index (κ3) is 2.97. The number of rotatable bonds is 2. The van der Waals surface area contributed by atoms with Crippen molar-refractivity contribution in [3.8, 4) is 0 Å². The zero-order valence-corrected chi connectivity index (χ0v) is 10.8. The van der Waals surface area contributed by atoms with E-state index in [1.807, 2.05) is 11.3 Å². The van der Waals surface area contributed by atoms with Gasteiger partial charge in [0, 0.05) is 10.2 Å². The molecule has 80 valence electrons. The Kier molecular flexibility index (Phi) is 3.05. The van der Waals surface area contributed by atoms with Crippen LogP contribution in [-0.4, -0.2) is 5.54 Å². The smallest absolute Gasteiger partial charge is 0.0764 e. The zero-order valence-electron chi connectivity index (χ0n) is 9.20. The highest BCUT2D eigenvalue weighted by molar-refractivity contribution is 7.99. The lowest BCUT2D eigenvalue weighted by molar-refractivity contribution is 0.536. The van der Waals surface area contributed by atoms with Crippen molar-refractivity contribution in [2.45, 2.75) is 30.5 Å². The molecule has 0 saturated heterocycles. The van der Waals surface area contributed by atoms with Crippen molar-refractivity contribution in [1.29, 1.82) is 0 Å². The van der Waals surface area contributed by atoms with Crippen LogP contribution in [-0.2, 0) is 0 Å². The molecule has 1 heterocycles. The van der Waals surface area contributed by atoms with Crippen LogP contribution in [0, 0.1) is 0 Å². The van der Waals surface area contributed by atoms with Gasteiger partial charge in [-0.05, 0) is 50.2 Å². The van der Waals surface area contributed by atoms with Gasteiger partial charge in [-0.3, -0.25) is 4.72 Å². The van der Waals surface area contributed by atoms with Crippen molar-refractivity contribution in [1.82, 2.24) is 4.72 Å². The Bertz CT molecular complexity index is 421. The van der Waals surface area contributed by atoms with Crippen LogP contribution >= 0.6 is 23.3 Å². The predicted octanol–water partition coefficient (Wildman–Crippen LogP) is 4.30. The van der Waals surface area contributed by atoms with Gasteiger partial charge in [0.05, 0.1) is 4.21 Å². The Morgan fingerprint density at radius 2 is 1.93 bits per heavy atom. The minimum Gasteiger partial charge on any atom is -0.254 e. The number of thiophene rings is 1. The fraction of sp³-hybridized carbons (Fsp3) is 0.333. The van der Waals surface area contributed by atoms with Crippen LogP contribution in [0.5, 0.6) is 0 Å². The van der Waals surface area contributed by atoms with Crippen LogP contribution in [0.1, 0.15) is 20.8 Å². The summed E-state index contributed by atoms with van der Waals surface area (Å²) in [5.41, 5.74) is 0.154. The highest BCUT2D eigenvalue weighted by atomic mass is 32.2. The van der Waals surface area contributed by atoms with Crippen LogP contribution < -0.4 is 4.72 Å². The summed E-state index contributed by atoms with van der Waals surface area (Å²) in [6, 6.07) is 10.7. The molecule has 2 aromatic rings. The van der Waals surface area contributed by atoms with Gasteiger partial charge in [-0.25, -0.2) is 0 Å². The average Bonchev–Trinajstić information content (AvgIpc) is 2.56. The average molecular weight is 237 g/mol. The maximum absolute atomic E-state index is 3.43. The maximum Gasteiger partial charge on any atom is 0.0764 e. The first kappa shape index (κ1) is 11.0. The van der Waals surface area contributed by atoms with E-state index in [0.717, 1.165) is 0 Å². The van der Waals surface area contributed by atoms with E-state index in [1.54, 1.807) is 11.9 Å². The molecule has 1 aromatic heterocycles. The first-order valence-electron chi connectivity index (χ1n) is 4.97. The van der Waals surface area contributed by atoms with Gasteiger partial charge in [-0.1, -0.05) is 18.2 Å². The van der Waals surface area contributed by atoms with Crippen molar-refractivity contribution in [3.05, 3.63) is 30.3 Å². The van der Waals surface area contributed by atoms with Gasteiger partial charge < -0.3 is 0 Å². The second-order valence-electron chi connectivity index (χ2n) is 4.56. The molecule has 3 heteroatoms. The van der Waals surface area contributed by atoms with Crippen LogP contribution in [0.25, 0.3) is 10.1 Å². The summed E-state index contributed by atoms with van der Waals surface area (Å²) in [5, 5.41) is 1.33. The molecule has 15 heavy (non-hydrogen) atoms. The first-order chi connectivity index (χ1) is 7.04. The standard InChI is InChI=1S/C12H15NS2/c1-12(2,3)13-15-11-8-9-6-4-5-7-10(9)14-11/h4-8,13H,1-3H3. The fourth-order valence-electron chi connectivity index (χ4n) is 1.21. The molecule has 1 N–H and O–H groups in total. The van der Waals surface area contributed by atoms with Crippen LogP contribution in [0.2, 0.25) is 0 Å². The van der Waals surface area contributed by atoms with E-state index in [1.165, 1.54) is 14.3 Å². The van der Waals surface area contributed by atoms with Crippen molar-refractivity contribution in [2.24, 2.45) is 0 Å². The SMILES string of the molecule is CC(C)(C)NSc1cc2ccccc2s1. The maximum atomic E-state index is 3.43. The van der Waals surface area contributed by atoms with Crippen LogP contribution in [0.15, 0.2) is 34.5 Å². The lowest BCUT2D eigenvalue weighted by Gasteiger charge is -2.18. The van der Waals surface area contributed by atoms with Gasteiger partial charge in [0.15, 0.2) is 0 Å². The molecule has 0 atom stereocenters. The number of fused-ring (bicyclic) bond motifs is 1. The Labute approximate surface area is 99.0 Å². The topological polar surface area (TPSA) is 12.0 Å². The minimum absolute atomic E-state index is 0.154.